The first-order valence-corrected chi connectivity index (χ1v) is 4.61. The molecule has 0 amide bonds. The summed E-state index contributed by atoms with van der Waals surface area (Å²) in [6.45, 7) is 2.67. The summed E-state index contributed by atoms with van der Waals surface area (Å²) in [5.74, 6) is 0.913. The Morgan fingerprint density at radius 3 is 2.57 bits per heavy atom. The first kappa shape index (κ1) is 10.9. The summed E-state index contributed by atoms with van der Waals surface area (Å²) in [7, 11) is 3.36. The van der Waals surface area contributed by atoms with Gasteiger partial charge >= 0.3 is 0 Å². The lowest BCUT2D eigenvalue weighted by molar-refractivity contribution is 0.201. The van der Waals surface area contributed by atoms with E-state index >= 15 is 0 Å². The van der Waals surface area contributed by atoms with Gasteiger partial charge in [-0.2, -0.15) is 0 Å². The molecule has 0 radical (unpaired) electrons. The lowest BCUT2D eigenvalue weighted by atomic mass is 10.1. The number of aryl methyl sites for hydroxylation is 1. The zero-order chi connectivity index (χ0) is 10.6. The van der Waals surface area contributed by atoms with Crippen LogP contribution in [0.2, 0.25) is 0 Å². The smallest absolute Gasteiger partial charge is 0.125 e. The number of methoxy groups -OCH3 is 2. The summed E-state index contributed by atoms with van der Waals surface area (Å²) < 4.78 is 10.3. The third kappa shape index (κ3) is 2.39. The van der Waals surface area contributed by atoms with Crippen LogP contribution in [0.4, 0.5) is 5.69 Å². The maximum atomic E-state index is 5.76. The van der Waals surface area contributed by atoms with E-state index in [1.165, 1.54) is 0 Å². The highest BCUT2D eigenvalue weighted by atomic mass is 16.5. The van der Waals surface area contributed by atoms with Crippen molar-refractivity contribution < 1.29 is 9.47 Å². The third-order valence-electron chi connectivity index (χ3n) is 2.15. The predicted octanol–water partition coefficient (Wildman–Crippen LogP) is 1.77. The summed E-state index contributed by atoms with van der Waals surface area (Å²) in [5, 5.41) is 0. The Kier molecular flexibility index (Phi) is 3.77. The van der Waals surface area contributed by atoms with Crippen LogP contribution in [0.5, 0.6) is 5.75 Å². The molecule has 3 nitrogen and oxygen atoms in total. The minimum absolute atomic E-state index is 0.680. The van der Waals surface area contributed by atoms with E-state index in [9.17, 15) is 0 Å². The van der Waals surface area contributed by atoms with Crippen molar-refractivity contribution in [2.75, 3.05) is 26.6 Å². The van der Waals surface area contributed by atoms with Crippen molar-refractivity contribution >= 4 is 5.69 Å². The molecule has 0 saturated heterocycles. The third-order valence-corrected chi connectivity index (χ3v) is 2.15. The van der Waals surface area contributed by atoms with Crippen molar-refractivity contribution in [3.63, 3.8) is 0 Å². The van der Waals surface area contributed by atoms with Gasteiger partial charge < -0.3 is 15.2 Å². The van der Waals surface area contributed by atoms with Gasteiger partial charge in [-0.05, 0) is 36.6 Å². The number of nitrogen functional groups attached to an aromatic ring is 1. The molecule has 2 N–H and O–H groups in total. The molecule has 0 aliphatic heterocycles. The monoisotopic (exact) mass is 195 g/mol. The topological polar surface area (TPSA) is 44.5 Å². The molecule has 78 valence electrons. The van der Waals surface area contributed by atoms with Crippen molar-refractivity contribution in [3.8, 4) is 5.75 Å². The average Bonchev–Trinajstić information content (AvgIpc) is 2.14. The maximum Gasteiger partial charge on any atom is 0.125 e. The van der Waals surface area contributed by atoms with E-state index in [1.54, 1.807) is 14.2 Å². The standard InChI is InChI=1S/C11H17NO2/c1-8-6-10(12)7-9(4-5-13-2)11(8)14-3/h6-7H,4-5,12H2,1-3H3. The Balaban J connectivity index is 2.99. The molecule has 1 rings (SSSR count). The average molecular weight is 195 g/mol. The van der Waals surface area contributed by atoms with Crippen molar-refractivity contribution in [1.29, 1.82) is 0 Å². The highest BCUT2D eigenvalue weighted by Crippen LogP contribution is 2.26. The molecule has 0 fully saturated rings. The first-order chi connectivity index (χ1) is 6.69. The highest BCUT2D eigenvalue weighted by Gasteiger charge is 2.07. The van der Waals surface area contributed by atoms with E-state index in [0.29, 0.717) is 6.61 Å². The molecule has 0 unspecified atom stereocenters. The van der Waals surface area contributed by atoms with Gasteiger partial charge in [0.1, 0.15) is 5.75 Å². The fourth-order valence-electron chi connectivity index (χ4n) is 1.57. The SMILES string of the molecule is COCCc1cc(N)cc(C)c1OC. The maximum absolute atomic E-state index is 5.76. The van der Waals surface area contributed by atoms with Crippen molar-refractivity contribution in [3.05, 3.63) is 23.3 Å². The number of benzene rings is 1. The zero-order valence-electron chi connectivity index (χ0n) is 8.96. The fraction of sp³-hybridized carbons (Fsp3) is 0.455. The Bertz CT molecular complexity index is 310. The van der Waals surface area contributed by atoms with Crippen LogP contribution >= 0.6 is 0 Å². The van der Waals surface area contributed by atoms with Crippen LogP contribution in [0.1, 0.15) is 11.1 Å². The number of anilines is 1. The van der Waals surface area contributed by atoms with Crippen LogP contribution < -0.4 is 10.5 Å². The molecular weight excluding hydrogens is 178 g/mol. The number of hydrogen-bond acceptors (Lipinski definition) is 3. The van der Waals surface area contributed by atoms with Gasteiger partial charge in [0.15, 0.2) is 0 Å². The van der Waals surface area contributed by atoms with Crippen LogP contribution in [0.3, 0.4) is 0 Å². The minimum Gasteiger partial charge on any atom is -0.496 e. The molecule has 0 aliphatic rings. The molecule has 14 heavy (non-hydrogen) atoms. The molecular formula is C11H17NO2. The van der Waals surface area contributed by atoms with Gasteiger partial charge in [0.2, 0.25) is 0 Å². The van der Waals surface area contributed by atoms with Gasteiger partial charge in [-0.15, -0.1) is 0 Å². The Hall–Kier alpha value is -1.22. The zero-order valence-corrected chi connectivity index (χ0v) is 8.96. The molecule has 0 aliphatic carbocycles. The fourth-order valence-corrected chi connectivity index (χ4v) is 1.57. The molecule has 1 aromatic rings. The van der Waals surface area contributed by atoms with Gasteiger partial charge in [-0.25, -0.2) is 0 Å². The Morgan fingerprint density at radius 1 is 1.29 bits per heavy atom. The first-order valence-electron chi connectivity index (χ1n) is 4.61. The molecule has 0 heterocycles. The lowest BCUT2D eigenvalue weighted by Crippen LogP contribution is -2.01. The summed E-state index contributed by atoms with van der Waals surface area (Å²) in [6, 6.07) is 3.85. The Labute approximate surface area is 84.8 Å². The second kappa shape index (κ2) is 4.86. The van der Waals surface area contributed by atoms with E-state index in [-0.39, 0.29) is 0 Å². The normalized spacial score (nSPS) is 10.2. The Morgan fingerprint density at radius 2 is 2.00 bits per heavy atom. The summed E-state index contributed by atoms with van der Waals surface area (Å²) in [4.78, 5) is 0. The van der Waals surface area contributed by atoms with E-state index in [2.05, 4.69) is 0 Å². The molecule has 0 saturated carbocycles. The van der Waals surface area contributed by atoms with E-state index < -0.39 is 0 Å². The van der Waals surface area contributed by atoms with Crippen LogP contribution in [-0.4, -0.2) is 20.8 Å². The quantitative estimate of drug-likeness (QED) is 0.745. The summed E-state index contributed by atoms with van der Waals surface area (Å²) in [6.07, 6.45) is 0.825. The summed E-state index contributed by atoms with van der Waals surface area (Å²) in [5.41, 5.74) is 8.70. The van der Waals surface area contributed by atoms with Crippen LogP contribution in [0, 0.1) is 6.92 Å². The molecule has 0 bridgehead atoms. The molecule has 0 aromatic heterocycles. The lowest BCUT2D eigenvalue weighted by Gasteiger charge is -2.12. The van der Waals surface area contributed by atoms with Gasteiger partial charge in [0, 0.05) is 12.8 Å². The van der Waals surface area contributed by atoms with E-state index in [1.807, 2.05) is 19.1 Å². The second-order valence-electron chi connectivity index (χ2n) is 3.27. The minimum atomic E-state index is 0.680. The van der Waals surface area contributed by atoms with Gasteiger partial charge in [-0.1, -0.05) is 0 Å². The number of ether oxygens (including phenoxy) is 2. The molecule has 0 atom stereocenters. The van der Waals surface area contributed by atoms with Crippen molar-refractivity contribution in [1.82, 2.24) is 0 Å². The number of nitrogens with two attached hydrogens (primary N) is 1. The van der Waals surface area contributed by atoms with E-state index in [0.717, 1.165) is 29.0 Å². The van der Waals surface area contributed by atoms with E-state index in [4.69, 9.17) is 15.2 Å². The summed E-state index contributed by atoms with van der Waals surface area (Å²) >= 11 is 0. The number of rotatable bonds is 4. The molecule has 0 spiro atoms. The second-order valence-corrected chi connectivity index (χ2v) is 3.27. The van der Waals surface area contributed by atoms with Crippen molar-refractivity contribution in [2.24, 2.45) is 0 Å². The van der Waals surface area contributed by atoms with Crippen LogP contribution in [-0.2, 0) is 11.2 Å². The van der Waals surface area contributed by atoms with Crippen LogP contribution in [0.25, 0.3) is 0 Å². The highest BCUT2D eigenvalue weighted by molar-refractivity contribution is 5.52. The molecule has 3 heteroatoms. The van der Waals surface area contributed by atoms with Gasteiger partial charge in [0.05, 0.1) is 13.7 Å². The largest absolute Gasteiger partial charge is 0.496 e. The number of hydrogen-bond donors (Lipinski definition) is 1. The van der Waals surface area contributed by atoms with Gasteiger partial charge in [-0.3, -0.25) is 0 Å². The van der Waals surface area contributed by atoms with Gasteiger partial charge in [0.25, 0.3) is 0 Å². The molecule has 1 aromatic carbocycles. The van der Waals surface area contributed by atoms with Crippen molar-refractivity contribution in [2.45, 2.75) is 13.3 Å². The van der Waals surface area contributed by atoms with Crippen LogP contribution in [0.15, 0.2) is 12.1 Å². The predicted molar refractivity (Wildman–Crippen MR) is 57.7 cm³/mol.